The molecule has 0 bridgehead atoms. The van der Waals surface area contributed by atoms with Crippen molar-refractivity contribution in [3.05, 3.63) is 59.7 Å². The monoisotopic (exact) mass is 436 g/mol. The van der Waals surface area contributed by atoms with Gasteiger partial charge < -0.3 is 19.7 Å². The molecular weight excluding hydrogens is 404 g/mol. The van der Waals surface area contributed by atoms with E-state index in [0.29, 0.717) is 30.3 Å². The lowest BCUT2D eigenvalue weighted by molar-refractivity contribution is -0.128. The topological polar surface area (TPSA) is 67.9 Å². The Bertz CT molecular complexity index is 964. The SMILES string of the molecule is CCOc1cccc(/C=C/C(=O)Nc2cccc(CN(C)C(C)=O)c2)c1OC1CCCC1. The Morgan fingerprint density at radius 3 is 2.62 bits per heavy atom. The van der Waals surface area contributed by atoms with Crippen LogP contribution in [0.1, 0.15) is 50.7 Å². The fourth-order valence-electron chi connectivity index (χ4n) is 3.71. The molecule has 0 aromatic heterocycles. The van der Waals surface area contributed by atoms with Crippen molar-refractivity contribution in [1.82, 2.24) is 4.90 Å². The van der Waals surface area contributed by atoms with Gasteiger partial charge in [0.1, 0.15) is 0 Å². The van der Waals surface area contributed by atoms with Crippen LogP contribution in [0.25, 0.3) is 6.08 Å². The van der Waals surface area contributed by atoms with Crippen molar-refractivity contribution in [3.8, 4) is 11.5 Å². The lowest BCUT2D eigenvalue weighted by Crippen LogP contribution is -2.23. The van der Waals surface area contributed by atoms with Crippen molar-refractivity contribution in [2.45, 2.75) is 52.2 Å². The molecule has 1 N–H and O–H groups in total. The van der Waals surface area contributed by atoms with E-state index in [-0.39, 0.29) is 17.9 Å². The molecule has 0 saturated heterocycles. The second-order valence-corrected chi connectivity index (χ2v) is 8.03. The molecular formula is C26H32N2O4. The summed E-state index contributed by atoms with van der Waals surface area (Å²) in [6.45, 7) is 4.50. The highest BCUT2D eigenvalue weighted by molar-refractivity contribution is 6.02. The summed E-state index contributed by atoms with van der Waals surface area (Å²) in [6.07, 6.45) is 7.88. The minimum atomic E-state index is -0.240. The van der Waals surface area contributed by atoms with E-state index in [0.717, 1.165) is 24.0 Å². The average Bonchev–Trinajstić information content (AvgIpc) is 3.27. The van der Waals surface area contributed by atoms with Crippen LogP contribution in [0.3, 0.4) is 0 Å². The molecule has 6 heteroatoms. The number of anilines is 1. The standard InChI is InChI=1S/C26H32N2O4/c1-4-31-24-14-8-10-21(26(24)32-23-12-5-6-13-23)15-16-25(30)27-22-11-7-9-20(17-22)18-28(3)19(2)29/h7-11,14-17,23H,4-6,12-13,18H2,1-3H3,(H,27,30)/b16-15+. The second-order valence-electron chi connectivity index (χ2n) is 8.03. The number of benzene rings is 2. The van der Waals surface area contributed by atoms with E-state index < -0.39 is 0 Å². The molecule has 1 aliphatic carbocycles. The minimum absolute atomic E-state index is 0.00715. The zero-order chi connectivity index (χ0) is 22.9. The Kier molecular flexibility index (Phi) is 8.31. The normalized spacial score (nSPS) is 13.8. The van der Waals surface area contributed by atoms with Gasteiger partial charge in [0.2, 0.25) is 11.8 Å². The third-order valence-electron chi connectivity index (χ3n) is 5.46. The predicted octanol–water partition coefficient (Wildman–Crippen LogP) is 5.04. The summed E-state index contributed by atoms with van der Waals surface area (Å²) in [4.78, 5) is 25.6. The number of rotatable bonds is 9. The second kappa shape index (κ2) is 11.4. The fraction of sp³-hybridized carbons (Fsp3) is 0.385. The van der Waals surface area contributed by atoms with Gasteiger partial charge in [0.05, 0.1) is 12.7 Å². The van der Waals surface area contributed by atoms with Crippen LogP contribution in [0.15, 0.2) is 48.5 Å². The minimum Gasteiger partial charge on any atom is -0.490 e. The summed E-state index contributed by atoms with van der Waals surface area (Å²) in [7, 11) is 1.75. The molecule has 32 heavy (non-hydrogen) atoms. The predicted molar refractivity (Wildman–Crippen MR) is 127 cm³/mol. The third kappa shape index (κ3) is 6.61. The number of amides is 2. The lowest BCUT2D eigenvalue weighted by atomic mass is 10.1. The summed E-state index contributed by atoms with van der Waals surface area (Å²) in [5, 5.41) is 2.89. The van der Waals surface area contributed by atoms with Gasteiger partial charge >= 0.3 is 0 Å². The summed E-state index contributed by atoms with van der Waals surface area (Å²) >= 11 is 0. The van der Waals surface area contributed by atoms with Crippen molar-refractivity contribution in [1.29, 1.82) is 0 Å². The van der Waals surface area contributed by atoms with Crippen molar-refractivity contribution in [3.63, 3.8) is 0 Å². The molecule has 3 rings (SSSR count). The van der Waals surface area contributed by atoms with Gasteiger partial charge in [-0.05, 0) is 62.4 Å². The lowest BCUT2D eigenvalue weighted by Gasteiger charge is -2.18. The number of nitrogens with zero attached hydrogens (tertiary/aromatic N) is 1. The fourth-order valence-corrected chi connectivity index (χ4v) is 3.71. The van der Waals surface area contributed by atoms with Crippen LogP contribution in [0.4, 0.5) is 5.69 Å². The first-order valence-electron chi connectivity index (χ1n) is 11.2. The maximum Gasteiger partial charge on any atom is 0.248 e. The molecule has 2 aromatic rings. The molecule has 0 radical (unpaired) electrons. The Morgan fingerprint density at radius 1 is 1.16 bits per heavy atom. The van der Waals surface area contributed by atoms with Gasteiger partial charge in [0.25, 0.3) is 0 Å². The summed E-state index contributed by atoms with van der Waals surface area (Å²) in [5.41, 5.74) is 2.44. The van der Waals surface area contributed by atoms with Crippen LogP contribution in [0, 0.1) is 0 Å². The number of para-hydroxylation sites is 1. The van der Waals surface area contributed by atoms with Crippen molar-refractivity contribution in [2.75, 3.05) is 19.0 Å². The van der Waals surface area contributed by atoms with Crippen LogP contribution < -0.4 is 14.8 Å². The highest BCUT2D eigenvalue weighted by Crippen LogP contribution is 2.35. The molecule has 1 aliphatic rings. The van der Waals surface area contributed by atoms with Crippen molar-refractivity contribution >= 4 is 23.6 Å². The van der Waals surface area contributed by atoms with Gasteiger partial charge in [-0.3, -0.25) is 9.59 Å². The summed E-state index contributed by atoms with van der Waals surface area (Å²) in [5.74, 6) is 1.15. The van der Waals surface area contributed by atoms with Crippen LogP contribution in [0.5, 0.6) is 11.5 Å². The van der Waals surface area contributed by atoms with Crippen LogP contribution in [-0.4, -0.2) is 36.5 Å². The number of hydrogen-bond acceptors (Lipinski definition) is 4. The van der Waals surface area contributed by atoms with E-state index in [1.165, 1.54) is 25.8 Å². The Balaban J connectivity index is 1.71. The van der Waals surface area contributed by atoms with E-state index in [1.807, 2.05) is 49.4 Å². The van der Waals surface area contributed by atoms with Gasteiger partial charge in [0, 0.05) is 37.8 Å². The number of hydrogen-bond donors (Lipinski definition) is 1. The number of nitrogens with one attached hydrogen (secondary N) is 1. The summed E-state index contributed by atoms with van der Waals surface area (Å²) in [6, 6.07) is 13.2. The zero-order valence-electron chi connectivity index (χ0n) is 19.1. The maximum atomic E-state index is 12.6. The smallest absolute Gasteiger partial charge is 0.248 e. The van der Waals surface area contributed by atoms with Gasteiger partial charge in [-0.15, -0.1) is 0 Å². The third-order valence-corrected chi connectivity index (χ3v) is 5.46. The zero-order valence-corrected chi connectivity index (χ0v) is 19.1. The number of ether oxygens (including phenoxy) is 2. The van der Waals surface area contributed by atoms with Gasteiger partial charge in [0.15, 0.2) is 11.5 Å². The van der Waals surface area contributed by atoms with E-state index in [4.69, 9.17) is 9.47 Å². The highest BCUT2D eigenvalue weighted by atomic mass is 16.5. The molecule has 2 amide bonds. The Labute approximate surface area is 190 Å². The molecule has 0 unspecified atom stereocenters. The van der Waals surface area contributed by atoms with Crippen LogP contribution >= 0.6 is 0 Å². The van der Waals surface area contributed by atoms with Crippen molar-refractivity contribution in [2.24, 2.45) is 0 Å². The Morgan fingerprint density at radius 2 is 1.91 bits per heavy atom. The van der Waals surface area contributed by atoms with Crippen LogP contribution in [-0.2, 0) is 16.1 Å². The van der Waals surface area contributed by atoms with E-state index in [9.17, 15) is 9.59 Å². The molecule has 0 aliphatic heterocycles. The first-order chi connectivity index (χ1) is 15.5. The average molecular weight is 437 g/mol. The molecule has 6 nitrogen and oxygen atoms in total. The highest BCUT2D eigenvalue weighted by Gasteiger charge is 2.20. The molecule has 170 valence electrons. The van der Waals surface area contributed by atoms with Gasteiger partial charge in [-0.1, -0.05) is 24.3 Å². The molecule has 0 heterocycles. The van der Waals surface area contributed by atoms with Crippen LogP contribution in [0.2, 0.25) is 0 Å². The number of carbonyl (C=O) groups excluding carboxylic acids is 2. The van der Waals surface area contributed by atoms with E-state index in [2.05, 4.69) is 5.32 Å². The molecule has 1 fully saturated rings. The Hall–Kier alpha value is -3.28. The van der Waals surface area contributed by atoms with E-state index in [1.54, 1.807) is 18.0 Å². The van der Waals surface area contributed by atoms with E-state index >= 15 is 0 Å². The summed E-state index contributed by atoms with van der Waals surface area (Å²) < 4.78 is 12.0. The molecule has 1 saturated carbocycles. The quantitative estimate of drug-likeness (QED) is 0.560. The first kappa shape index (κ1) is 23.4. The van der Waals surface area contributed by atoms with Gasteiger partial charge in [-0.2, -0.15) is 0 Å². The number of carbonyl (C=O) groups is 2. The molecule has 0 spiro atoms. The first-order valence-corrected chi connectivity index (χ1v) is 11.2. The largest absolute Gasteiger partial charge is 0.490 e. The maximum absolute atomic E-state index is 12.6. The van der Waals surface area contributed by atoms with Crippen molar-refractivity contribution < 1.29 is 19.1 Å². The molecule has 2 aromatic carbocycles. The van der Waals surface area contributed by atoms with Gasteiger partial charge in [-0.25, -0.2) is 0 Å². The molecule has 0 atom stereocenters.